The van der Waals surface area contributed by atoms with Crippen molar-refractivity contribution in [2.45, 2.75) is 56.2 Å². The number of nitrogens with one attached hydrogen (secondary N) is 3. The number of anilines is 2. The summed E-state index contributed by atoms with van der Waals surface area (Å²) >= 11 is 1.74. The van der Waals surface area contributed by atoms with Gasteiger partial charge < -0.3 is 15.5 Å². The third-order valence-electron chi connectivity index (χ3n) is 5.04. The van der Waals surface area contributed by atoms with E-state index in [2.05, 4.69) is 15.4 Å². The fourth-order valence-corrected chi connectivity index (χ4v) is 5.15. The topological polar surface area (TPSA) is 90.5 Å². The largest absolute Gasteiger partial charge is 0.375 e. The number of benzene rings is 1. The van der Waals surface area contributed by atoms with Crippen molar-refractivity contribution in [3.63, 3.8) is 0 Å². The van der Waals surface area contributed by atoms with E-state index in [-0.39, 0.29) is 12.1 Å². The van der Waals surface area contributed by atoms with E-state index in [0.717, 1.165) is 22.8 Å². The van der Waals surface area contributed by atoms with Gasteiger partial charge in [0.1, 0.15) is 0 Å². The molecule has 0 aliphatic carbocycles. The molecule has 2 heterocycles. The third-order valence-corrected chi connectivity index (χ3v) is 8.40. The minimum Gasteiger partial charge on any atom is -0.375 e. The lowest BCUT2D eigenvalue weighted by atomic mass is 10.1. The van der Waals surface area contributed by atoms with Gasteiger partial charge in [-0.05, 0) is 58.2 Å². The van der Waals surface area contributed by atoms with Crippen molar-refractivity contribution in [2.75, 3.05) is 29.6 Å². The summed E-state index contributed by atoms with van der Waals surface area (Å²) < 4.78 is 26.5. The molecule has 2 amide bonds. The van der Waals surface area contributed by atoms with E-state index in [1.165, 1.54) is 4.90 Å². The molecule has 0 spiro atoms. The van der Waals surface area contributed by atoms with Gasteiger partial charge in [-0.3, -0.25) is 0 Å². The minimum atomic E-state index is -3.37. The van der Waals surface area contributed by atoms with Gasteiger partial charge in [-0.1, -0.05) is 0 Å². The first kappa shape index (κ1) is 20.3. The van der Waals surface area contributed by atoms with Gasteiger partial charge in [-0.25, -0.2) is 17.9 Å². The first-order valence-electron chi connectivity index (χ1n) is 9.16. The quantitative estimate of drug-likeness (QED) is 0.709. The third kappa shape index (κ3) is 4.35. The van der Waals surface area contributed by atoms with E-state index in [0.29, 0.717) is 25.9 Å². The Kier molecular flexibility index (Phi) is 5.65. The molecular formula is C18H28N4O3S2. The number of rotatable bonds is 3. The first-order chi connectivity index (χ1) is 12.6. The zero-order valence-electron chi connectivity index (χ0n) is 16.3. The average molecular weight is 413 g/mol. The lowest BCUT2D eigenvalue weighted by molar-refractivity contribution is 0.193. The highest BCUT2D eigenvalue weighted by Gasteiger charge is 2.33. The van der Waals surface area contributed by atoms with Gasteiger partial charge in [0.15, 0.2) is 0 Å². The van der Waals surface area contributed by atoms with Crippen LogP contribution >= 0.6 is 11.8 Å². The van der Waals surface area contributed by atoms with Gasteiger partial charge >= 0.3 is 6.03 Å². The Hall–Kier alpha value is -1.45. The van der Waals surface area contributed by atoms with Crippen LogP contribution < -0.4 is 15.4 Å². The number of amides is 2. The number of sulfonamides is 1. The van der Waals surface area contributed by atoms with E-state index in [1.807, 2.05) is 19.1 Å². The van der Waals surface area contributed by atoms with Crippen molar-refractivity contribution >= 4 is 39.2 Å². The average Bonchev–Trinajstić information content (AvgIpc) is 3.06. The number of hydrogen-bond acceptors (Lipinski definition) is 5. The van der Waals surface area contributed by atoms with Gasteiger partial charge in [0.05, 0.1) is 10.6 Å². The molecule has 150 valence electrons. The van der Waals surface area contributed by atoms with E-state index >= 15 is 0 Å². The second kappa shape index (κ2) is 7.52. The van der Waals surface area contributed by atoms with Crippen LogP contribution in [0.3, 0.4) is 0 Å². The Morgan fingerprint density at radius 2 is 1.93 bits per heavy atom. The number of carbonyl (C=O) groups excluding carboxylic acids is 1. The molecule has 3 rings (SSSR count). The smallest absolute Gasteiger partial charge is 0.321 e. The number of likely N-dealkylation sites (tertiary alicyclic amines) is 1. The summed E-state index contributed by atoms with van der Waals surface area (Å²) in [4.78, 5) is 15.6. The molecule has 0 radical (unpaired) electrons. The predicted octanol–water partition coefficient (Wildman–Crippen LogP) is 3.18. The molecule has 1 fully saturated rings. The van der Waals surface area contributed by atoms with E-state index in [1.54, 1.807) is 37.4 Å². The highest BCUT2D eigenvalue weighted by molar-refractivity contribution is 8.00. The van der Waals surface area contributed by atoms with E-state index in [9.17, 15) is 13.2 Å². The van der Waals surface area contributed by atoms with Crippen molar-refractivity contribution in [1.29, 1.82) is 0 Å². The lowest BCUT2D eigenvalue weighted by Crippen LogP contribution is -2.50. The fraction of sp³-hybridized carbons (Fsp3) is 0.611. The molecule has 9 heteroatoms. The van der Waals surface area contributed by atoms with Gasteiger partial charge in [0.25, 0.3) is 0 Å². The van der Waals surface area contributed by atoms with Gasteiger partial charge in [0, 0.05) is 35.4 Å². The predicted molar refractivity (Wildman–Crippen MR) is 111 cm³/mol. The van der Waals surface area contributed by atoms with Gasteiger partial charge in [-0.15, -0.1) is 11.8 Å². The molecule has 0 unspecified atom stereocenters. The molecule has 1 saturated heterocycles. The van der Waals surface area contributed by atoms with Crippen LogP contribution in [0.4, 0.5) is 16.2 Å². The number of fused-ring (bicyclic) bond motifs is 1. The summed E-state index contributed by atoms with van der Waals surface area (Å²) in [6.07, 6.45) is 1.23. The molecule has 2 aliphatic heterocycles. The molecular weight excluding hydrogens is 384 g/mol. The molecule has 0 aromatic heterocycles. The van der Waals surface area contributed by atoms with Gasteiger partial charge in [-0.2, -0.15) is 0 Å². The number of carbonyl (C=O) groups is 1. The monoisotopic (exact) mass is 412 g/mol. The zero-order chi connectivity index (χ0) is 19.8. The second-order valence-corrected chi connectivity index (χ2v) is 11.5. The fourth-order valence-electron chi connectivity index (χ4n) is 3.13. The molecule has 1 aromatic carbocycles. The maximum absolute atomic E-state index is 12.6. The van der Waals surface area contributed by atoms with Crippen molar-refractivity contribution in [1.82, 2.24) is 9.62 Å². The summed E-state index contributed by atoms with van der Waals surface area (Å²) in [7, 11) is -3.37. The number of nitrogens with zero attached hydrogens (tertiary/aromatic N) is 1. The molecule has 3 N–H and O–H groups in total. The van der Waals surface area contributed by atoms with E-state index < -0.39 is 14.8 Å². The maximum atomic E-state index is 12.6. The molecule has 0 atom stereocenters. The van der Waals surface area contributed by atoms with Crippen LogP contribution in [0.15, 0.2) is 17.0 Å². The van der Waals surface area contributed by atoms with Crippen molar-refractivity contribution < 1.29 is 13.2 Å². The number of thioether (sulfide) groups is 1. The molecule has 7 nitrogen and oxygen atoms in total. The zero-order valence-corrected chi connectivity index (χ0v) is 17.9. The van der Waals surface area contributed by atoms with Crippen LogP contribution in [0.5, 0.6) is 0 Å². The number of hydrogen-bond donors (Lipinski definition) is 3. The molecule has 0 saturated carbocycles. The molecule has 0 bridgehead atoms. The lowest BCUT2D eigenvalue weighted by Gasteiger charge is -2.33. The van der Waals surface area contributed by atoms with Crippen molar-refractivity contribution in [3.8, 4) is 0 Å². The Morgan fingerprint density at radius 3 is 2.56 bits per heavy atom. The van der Waals surface area contributed by atoms with Crippen LogP contribution in [0.2, 0.25) is 0 Å². The Balaban J connectivity index is 1.57. The van der Waals surface area contributed by atoms with Crippen molar-refractivity contribution in [2.24, 2.45) is 0 Å². The van der Waals surface area contributed by atoms with Gasteiger partial charge in [0.2, 0.25) is 10.0 Å². The summed E-state index contributed by atoms with van der Waals surface area (Å²) in [6.45, 7) is 8.13. The molecule has 2 aliphatic rings. The normalized spacial score (nSPS) is 18.1. The molecule has 27 heavy (non-hydrogen) atoms. The van der Waals surface area contributed by atoms with Crippen LogP contribution in [0, 0.1) is 6.92 Å². The number of urea groups is 1. The second-order valence-electron chi connectivity index (χ2n) is 8.01. The summed E-state index contributed by atoms with van der Waals surface area (Å²) in [5.74, 6) is 0.853. The Bertz CT molecular complexity index is 826. The highest BCUT2D eigenvalue weighted by Crippen LogP contribution is 2.39. The van der Waals surface area contributed by atoms with Crippen molar-refractivity contribution in [3.05, 3.63) is 17.7 Å². The standard InChI is InChI=1S/C18H28N4O3S2/c1-12-14(5-6-15-16(12)26-11-19-15)20-17(23)22-9-7-13(8-10-22)21-27(24,25)18(2,3)4/h5-6,13,19,21H,7-11H2,1-4H3,(H,20,23). The Morgan fingerprint density at radius 1 is 1.26 bits per heavy atom. The van der Waals surface area contributed by atoms with E-state index in [4.69, 9.17) is 0 Å². The van der Waals surface area contributed by atoms with Crippen LogP contribution in [-0.4, -0.2) is 49.1 Å². The molecule has 1 aromatic rings. The van der Waals surface area contributed by atoms with Crippen LogP contribution in [0.25, 0.3) is 0 Å². The first-order valence-corrected chi connectivity index (χ1v) is 11.6. The maximum Gasteiger partial charge on any atom is 0.321 e. The number of piperidine rings is 1. The van der Waals surface area contributed by atoms with Crippen LogP contribution in [0.1, 0.15) is 39.2 Å². The minimum absolute atomic E-state index is 0.123. The summed E-state index contributed by atoms with van der Waals surface area (Å²) in [5.41, 5.74) is 3.01. The van der Waals surface area contributed by atoms with Crippen LogP contribution in [-0.2, 0) is 10.0 Å². The Labute approximate surface area is 165 Å². The SMILES string of the molecule is Cc1c(NC(=O)N2CCC(NS(=O)(=O)C(C)(C)C)CC2)ccc2c1SCN2. The highest BCUT2D eigenvalue weighted by atomic mass is 32.2. The summed E-state index contributed by atoms with van der Waals surface area (Å²) in [5, 5.41) is 6.31. The summed E-state index contributed by atoms with van der Waals surface area (Å²) in [6, 6.07) is 3.66.